The van der Waals surface area contributed by atoms with Crippen LogP contribution in [0.5, 0.6) is 0 Å². The van der Waals surface area contributed by atoms with Gasteiger partial charge < -0.3 is 10.8 Å². The van der Waals surface area contributed by atoms with Crippen LogP contribution in [0.3, 0.4) is 0 Å². The van der Waals surface area contributed by atoms with Crippen molar-refractivity contribution in [2.45, 2.75) is 31.6 Å². The second-order valence-corrected chi connectivity index (χ2v) is 4.88. The van der Waals surface area contributed by atoms with Gasteiger partial charge in [0.2, 0.25) is 0 Å². The predicted molar refractivity (Wildman–Crippen MR) is 67.5 cm³/mol. The number of carboxylic acid groups (broad SMARTS) is 1. The van der Waals surface area contributed by atoms with Crippen molar-refractivity contribution in [3.8, 4) is 0 Å². The maximum absolute atomic E-state index is 11.1. The summed E-state index contributed by atoms with van der Waals surface area (Å²) in [5, 5.41) is 9.79. The predicted octanol–water partition coefficient (Wildman–Crippen LogP) is 2.35. The molecule has 0 aliphatic heterocycles. The molecular weight excluding hydrogens is 238 g/mol. The van der Waals surface area contributed by atoms with Crippen LogP contribution in [-0.2, 0) is 17.6 Å². The highest BCUT2D eigenvalue weighted by Crippen LogP contribution is 2.31. The van der Waals surface area contributed by atoms with E-state index in [0.717, 1.165) is 31.2 Å². The van der Waals surface area contributed by atoms with E-state index in [1.807, 2.05) is 6.07 Å². The number of benzene rings is 1. The van der Waals surface area contributed by atoms with E-state index in [-0.39, 0.29) is 6.54 Å². The van der Waals surface area contributed by atoms with Crippen LogP contribution in [-0.4, -0.2) is 17.6 Å². The van der Waals surface area contributed by atoms with E-state index in [2.05, 4.69) is 0 Å². The summed E-state index contributed by atoms with van der Waals surface area (Å²) in [4.78, 5) is 11.1. The van der Waals surface area contributed by atoms with Gasteiger partial charge in [-0.3, -0.25) is 4.79 Å². The van der Waals surface area contributed by atoms with Crippen molar-refractivity contribution < 1.29 is 9.90 Å². The lowest BCUT2D eigenvalue weighted by atomic mass is 9.87. The Hall–Kier alpha value is -1.06. The Morgan fingerprint density at radius 2 is 2.12 bits per heavy atom. The van der Waals surface area contributed by atoms with Crippen LogP contribution in [0.15, 0.2) is 12.1 Å². The van der Waals surface area contributed by atoms with Gasteiger partial charge in [-0.05, 0) is 48.4 Å². The number of halogens is 1. The topological polar surface area (TPSA) is 63.3 Å². The van der Waals surface area contributed by atoms with Gasteiger partial charge in [-0.25, -0.2) is 0 Å². The van der Waals surface area contributed by atoms with Crippen molar-refractivity contribution in [2.24, 2.45) is 5.73 Å². The summed E-state index contributed by atoms with van der Waals surface area (Å²) >= 11 is 6.22. The summed E-state index contributed by atoms with van der Waals surface area (Å²) in [6, 6.07) is 3.73. The standard InChI is InChI=1S/C13H16ClNO2/c14-12-6-9(11(7-15)13(16)17)5-8-3-1-2-4-10(8)12/h5-6,11H,1-4,7,15H2,(H,16,17). The summed E-state index contributed by atoms with van der Waals surface area (Å²) < 4.78 is 0. The minimum Gasteiger partial charge on any atom is -0.481 e. The number of rotatable bonds is 3. The van der Waals surface area contributed by atoms with Gasteiger partial charge in [0.1, 0.15) is 0 Å². The summed E-state index contributed by atoms with van der Waals surface area (Å²) in [5.41, 5.74) is 8.61. The maximum Gasteiger partial charge on any atom is 0.312 e. The van der Waals surface area contributed by atoms with Crippen LogP contribution >= 0.6 is 11.6 Å². The number of carbonyl (C=O) groups is 1. The number of nitrogens with two attached hydrogens (primary N) is 1. The van der Waals surface area contributed by atoms with Crippen molar-refractivity contribution >= 4 is 17.6 Å². The molecule has 4 heteroatoms. The van der Waals surface area contributed by atoms with E-state index >= 15 is 0 Å². The van der Waals surface area contributed by atoms with Crippen molar-refractivity contribution in [1.82, 2.24) is 0 Å². The highest BCUT2D eigenvalue weighted by atomic mass is 35.5. The highest BCUT2D eigenvalue weighted by molar-refractivity contribution is 6.31. The monoisotopic (exact) mass is 253 g/mol. The average Bonchev–Trinajstić information content (AvgIpc) is 2.29. The third kappa shape index (κ3) is 2.45. The van der Waals surface area contributed by atoms with Gasteiger partial charge in [0.05, 0.1) is 5.92 Å². The largest absolute Gasteiger partial charge is 0.481 e. The molecule has 0 aromatic heterocycles. The molecule has 17 heavy (non-hydrogen) atoms. The third-order valence-corrected chi connectivity index (χ3v) is 3.71. The number of hydrogen-bond acceptors (Lipinski definition) is 2. The van der Waals surface area contributed by atoms with Crippen LogP contribution in [0.1, 0.15) is 35.4 Å². The van der Waals surface area contributed by atoms with Gasteiger partial charge in [-0.15, -0.1) is 0 Å². The first-order valence-electron chi connectivity index (χ1n) is 5.87. The molecule has 1 aromatic carbocycles. The second kappa shape index (κ2) is 5.07. The molecule has 1 aromatic rings. The smallest absolute Gasteiger partial charge is 0.312 e. The molecule has 1 atom stereocenters. The molecule has 0 fully saturated rings. The molecule has 0 heterocycles. The lowest BCUT2D eigenvalue weighted by Crippen LogP contribution is -2.21. The fraction of sp³-hybridized carbons (Fsp3) is 0.462. The number of carboxylic acids is 1. The Labute approximate surface area is 106 Å². The van der Waals surface area contributed by atoms with Gasteiger partial charge in [0.15, 0.2) is 0 Å². The van der Waals surface area contributed by atoms with Crippen molar-refractivity contribution in [3.63, 3.8) is 0 Å². The molecule has 0 saturated heterocycles. The van der Waals surface area contributed by atoms with Crippen LogP contribution in [0, 0.1) is 0 Å². The average molecular weight is 254 g/mol. The van der Waals surface area contributed by atoms with Crippen molar-refractivity contribution in [1.29, 1.82) is 0 Å². The molecule has 0 amide bonds. The third-order valence-electron chi connectivity index (χ3n) is 3.37. The number of fused-ring (bicyclic) bond motifs is 1. The van der Waals surface area contributed by atoms with Crippen LogP contribution in [0.4, 0.5) is 0 Å². The first-order valence-corrected chi connectivity index (χ1v) is 6.25. The van der Waals surface area contributed by atoms with Gasteiger partial charge >= 0.3 is 5.97 Å². The fourth-order valence-corrected chi connectivity index (χ4v) is 2.76. The summed E-state index contributed by atoms with van der Waals surface area (Å²) in [6.45, 7) is 0.102. The molecule has 2 rings (SSSR count). The molecule has 0 saturated carbocycles. The Balaban J connectivity index is 2.42. The molecule has 0 radical (unpaired) electrons. The zero-order valence-corrected chi connectivity index (χ0v) is 10.3. The first-order chi connectivity index (χ1) is 8.13. The lowest BCUT2D eigenvalue weighted by Gasteiger charge is -2.20. The Morgan fingerprint density at radius 3 is 2.76 bits per heavy atom. The number of aliphatic carboxylic acids is 1. The Bertz CT molecular complexity index is 445. The van der Waals surface area contributed by atoms with Crippen molar-refractivity contribution in [3.05, 3.63) is 33.8 Å². The van der Waals surface area contributed by atoms with E-state index in [1.165, 1.54) is 11.1 Å². The minimum atomic E-state index is -0.890. The lowest BCUT2D eigenvalue weighted by molar-refractivity contribution is -0.138. The Morgan fingerprint density at radius 1 is 1.41 bits per heavy atom. The molecule has 0 bridgehead atoms. The SMILES string of the molecule is NCC(C(=O)O)c1cc(Cl)c2c(c1)CCCC2. The van der Waals surface area contributed by atoms with Crippen molar-refractivity contribution in [2.75, 3.05) is 6.54 Å². The van der Waals surface area contributed by atoms with E-state index < -0.39 is 11.9 Å². The molecule has 92 valence electrons. The minimum absolute atomic E-state index is 0.102. The van der Waals surface area contributed by atoms with Crippen LogP contribution < -0.4 is 5.73 Å². The number of hydrogen-bond donors (Lipinski definition) is 2. The summed E-state index contributed by atoms with van der Waals surface area (Å²) in [6.07, 6.45) is 4.28. The quantitative estimate of drug-likeness (QED) is 0.869. The fourth-order valence-electron chi connectivity index (χ4n) is 2.42. The normalized spacial score (nSPS) is 16.4. The van der Waals surface area contributed by atoms with E-state index in [9.17, 15) is 4.79 Å². The van der Waals surface area contributed by atoms with Crippen LogP contribution in [0.2, 0.25) is 5.02 Å². The molecule has 3 nitrogen and oxygen atoms in total. The molecule has 1 aliphatic rings. The molecule has 1 unspecified atom stereocenters. The van der Waals surface area contributed by atoms with Crippen LogP contribution in [0.25, 0.3) is 0 Å². The molecule has 1 aliphatic carbocycles. The highest BCUT2D eigenvalue weighted by Gasteiger charge is 2.21. The number of aryl methyl sites for hydroxylation is 1. The molecule has 0 spiro atoms. The van der Waals surface area contributed by atoms with E-state index in [0.29, 0.717) is 5.02 Å². The molecular formula is C13H16ClNO2. The van der Waals surface area contributed by atoms with Gasteiger partial charge in [-0.1, -0.05) is 17.7 Å². The van der Waals surface area contributed by atoms with Gasteiger partial charge in [0.25, 0.3) is 0 Å². The van der Waals surface area contributed by atoms with E-state index in [1.54, 1.807) is 6.07 Å². The Kier molecular flexibility index (Phi) is 3.69. The second-order valence-electron chi connectivity index (χ2n) is 4.47. The maximum atomic E-state index is 11.1. The summed E-state index contributed by atoms with van der Waals surface area (Å²) in [7, 11) is 0. The zero-order valence-electron chi connectivity index (χ0n) is 9.58. The van der Waals surface area contributed by atoms with Gasteiger partial charge in [-0.2, -0.15) is 0 Å². The zero-order chi connectivity index (χ0) is 12.4. The molecule has 3 N–H and O–H groups in total. The first kappa shape index (κ1) is 12.4. The van der Waals surface area contributed by atoms with Gasteiger partial charge in [0, 0.05) is 11.6 Å². The van der Waals surface area contributed by atoms with E-state index in [4.69, 9.17) is 22.4 Å². The summed E-state index contributed by atoms with van der Waals surface area (Å²) in [5.74, 6) is -1.54.